The van der Waals surface area contributed by atoms with Gasteiger partial charge >= 0.3 is 5.97 Å². The SMILES string of the molecule is COC(=O)c1cn(CC(=O)Nc2c(C)cc(C)cc2C)nn1. The molecule has 0 saturated carbocycles. The average molecular weight is 302 g/mol. The van der Waals surface area contributed by atoms with Crippen LogP contribution in [0, 0.1) is 20.8 Å². The van der Waals surface area contributed by atoms with Crippen molar-refractivity contribution in [2.75, 3.05) is 12.4 Å². The number of rotatable bonds is 4. The van der Waals surface area contributed by atoms with Gasteiger partial charge in [-0.05, 0) is 31.9 Å². The third-order valence-electron chi connectivity index (χ3n) is 3.18. The summed E-state index contributed by atoms with van der Waals surface area (Å²) in [5.74, 6) is -0.826. The number of ether oxygens (including phenoxy) is 1. The van der Waals surface area contributed by atoms with E-state index in [0.717, 1.165) is 22.4 Å². The standard InChI is InChI=1S/C15H18N4O3/c1-9-5-10(2)14(11(3)6-9)16-13(20)8-19-7-12(17-18-19)15(21)22-4/h5-7H,8H2,1-4H3,(H,16,20). The van der Waals surface area contributed by atoms with Crippen LogP contribution in [0.4, 0.5) is 5.69 Å². The van der Waals surface area contributed by atoms with E-state index in [1.807, 2.05) is 32.9 Å². The maximum Gasteiger partial charge on any atom is 0.360 e. The minimum atomic E-state index is -0.586. The van der Waals surface area contributed by atoms with E-state index in [-0.39, 0.29) is 18.1 Å². The second kappa shape index (κ2) is 6.38. The van der Waals surface area contributed by atoms with E-state index < -0.39 is 5.97 Å². The number of carbonyl (C=O) groups is 2. The fourth-order valence-corrected chi connectivity index (χ4v) is 2.28. The molecule has 7 heteroatoms. The molecule has 1 N–H and O–H groups in total. The van der Waals surface area contributed by atoms with Crippen LogP contribution in [0.1, 0.15) is 27.2 Å². The molecule has 0 radical (unpaired) electrons. The van der Waals surface area contributed by atoms with Crippen molar-refractivity contribution >= 4 is 17.6 Å². The third-order valence-corrected chi connectivity index (χ3v) is 3.18. The zero-order chi connectivity index (χ0) is 16.3. The smallest absolute Gasteiger partial charge is 0.360 e. The molecule has 0 spiro atoms. The van der Waals surface area contributed by atoms with Crippen LogP contribution in [0.2, 0.25) is 0 Å². The topological polar surface area (TPSA) is 86.1 Å². The van der Waals surface area contributed by atoms with Gasteiger partial charge in [0.1, 0.15) is 6.54 Å². The molecular weight excluding hydrogens is 284 g/mol. The highest BCUT2D eigenvalue weighted by molar-refractivity contribution is 5.92. The van der Waals surface area contributed by atoms with Crippen LogP contribution in [0.3, 0.4) is 0 Å². The number of hydrogen-bond acceptors (Lipinski definition) is 5. The largest absolute Gasteiger partial charge is 0.464 e. The van der Waals surface area contributed by atoms with Crippen LogP contribution >= 0.6 is 0 Å². The molecule has 0 saturated heterocycles. The van der Waals surface area contributed by atoms with Crippen molar-refractivity contribution in [2.24, 2.45) is 0 Å². The van der Waals surface area contributed by atoms with Gasteiger partial charge in [-0.15, -0.1) is 5.10 Å². The Morgan fingerprint density at radius 2 is 1.86 bits per heavy atom. The lowest BCUT2D eigenvalue weighted by Gasteiger charge is -2.12. The molecule has 7 nitrogen and oxygen atoms in total. The van der Waals surface area contributed by atoms with E-state index in [0.29, 0.717) is 0 Å². The summed E-state index contributed by atoms with van der Waals surface area (Å²) in [6, 6.07) is 4.01. The Morgan fingerprint density at radius 1 is 1.23 bits per heavy atom. The number of aromatic nitrogens is 3. The molecule has 0 unspecified atom stereocenters. The number of amides is 1. The van der Waals surface area contributed by atoms with Crippen LogP contribution in [0.25, 0.3) is 0 Å². The molecule has 2 rings (SSSR count). The monoisotopic (exact) mass is 302 g/mol. The number of benzene rings is 1. The van der Waals surface area contributed by atoms with E-state index in [9.17, 15) is 9.59 Å². The predicted octanol–water partition coefficient (Wildman–Crippen LogP) is 1.63. The first-order valence-electron chi connectivity index (χ1n) is 6.77. The number of anilines is 1. The first-order valence-corrected chi connectivity index (χ1v) is 6.77. The number of carbonyl (C=O) groups excluding carboxylic acids is 2. The molecule has 22 heavy (non-hydrogen) atoms. The summed E-state index contributed by atoms with van der Waals surface area (Å²) < 4.78 is 5.83. The highest BCUT2D eigenvalue weighted by Crippen LogP contribution is 2.21. The summed E-state index contributed by atoms with van der Waals surface area (Å²) in [6.45, 7) is 5.87. The fraction of sp³-hybridized carbons (Fsp3) is 0.333. The molecule has 0 aliphatic carbocycles. The summed E-state index contributed by atoms with van der Waals surface area (Å²) in [6.07, 6.45) is 1.38. The van der Waals surface area contributed by atoms with Crippen LogP contribution in [-0.2, 0) is 16.1 Å². The van der Waals surface area contributed by atoms with E-state index in [2.05, 4.69) is 20.4 Å². The maximum atomic E-state index is 12.1. The summed E-state index contributed by atoms with van der Waals surface area (Å²) >= 11 is 0. The fourth-order valence-electron chi connectivity index (χ4n) is 2.28. The van der Waals surface area contributed by atoms with Crippen molar-refractivity contribution in [1.29, 1.82) is 0 Å². The third kappa shape index (κ3) is 3.49. The van der Waals surface area contributed by atoms with Crippen LogP contribution in [0.5, 0.6) is 0 Å². The van der Waals surface area contributed by atoms with Crippen LogP contribution in [0.15, 0.2) is 18.3 Å². The Kier molecular flexibility index (Phi) is 4.55. The number of nitrogens with zero attached hydrogens (tertiary/aromatic N) is 3. The van der Waals surface area contributed by atoms with Gasteiger partial charge in [-0.1, -0.05) is 22.9 Å². The predicted molar refractivity (Wildman–Crippen MR) is 80.6 cm³/mol. The normalized spacial score (nSPS) is 10.4. The zero-order valence-corrected chi connectivity index (χ0v) is 13.0. The van der Waals surface area contributed by atoms with Crippen molar-refractivity contribution in [1.82, 2.24) is 15.0 Å². The molecule has 0 aliphatic rings. The second-order valence-electron chi connectivity index (χ2n) is 5.11. The molecule has 116 valence electrons. The summed E-state index contributed by atoms with van der Waals surface area (Å²) in [4.78, 5) is 23.4. The molecule has 2 aromatic rings. The van der Waals surface area contributed by atoms with Gasteiger partial charge in [0.2, 0.25) is 5.91 Å². The Bertz CT molecular complexity index is 698. The van der Waals surface area contributed by atoms with Crippen molar-refractivity contribution in [3.63, 3.8) is 0 Å². The quantitative estimate of drug-likeness (QED) is 0.867. The molecule has 1 aromatic carbocycles. The van der Waals surface area contributed by atoms with E-state index in [4.69, 9.17) is 0 Å². The van der Waals surface area contributed by atoms with Gasteiger partial charge in [0.25, 0.3) is 0 Å². The lowest BCUT2D eigenvalue weighted by Crippen LogP contribution is -2.20. The number of methoxy groups -OCH3 is 1. The van der Waals surface area contributed by atoms with Gasteiger partial charge in [-0.2, -0.15) is 0 Å². The maximum absolute atomic E-state index is 12.1. The molecule has 1 amide bonds. The van der Waals surface area contributed by atoms with Crippen LogP contribution in [-0.4, -0.2) is 34.0 Å². The van der Waals surface area contributed by atoms with Crippen LogP contribution < -0.4 is 5.32 Å². The van der Waals surface area contributed by atoms with Gasteiger partial charge in [-0.25, -0.2) is 9.48 Å². The van der Waals surface area contributed by atoms with Gasteiger partial charge in [0.05, 0.1) is 13.3 Å². The minimum Gasteiger partial charge on any atom is -0.464 e. The highest BCUT2D eigenvalue weighted by atomic mass is 16.5. The molecular formula is C15H18N4O3. The summed E-state index contributed by atoms with van der Waals surface area (Å²) in [5, 5.41) is 10.2. The number of hydrogen-bond donors (Lipinski definition) is 1. The average Bonchev–Trinajstić information content (AvgIpc) is 2.90. The lowest BCUT2D eigenvalue weighted by atomic mass is 10.1. The number of esters is 1. The molecule has 1 aromatic heterocycles. The van der Waals surface area contributed by atoms with Crippen molar-refractivity contribution in [3.8, 4) is 0 Å². The summed E-state index contributed by atoms with van der Waals surface area (Å²) in [5.41, 5.74) is 4.01. The molecule has 1 heterocycles. The van der Waals surface area contributed by atoms with E-state index in [1.54, 1.807) is 0 Å². The Morgan fingerprint density at radius 3 is 2.45 bits per heavy atom. The van der Waals surface area contributed by atoms with Crippen molar-refractivity contribution in [3.05, 3.63) is 40.7 Å². The molecule has 0 atom stereocenters. The Balaban J connectivity index is 2.08. The van der Waals surface area contributed by atoms with Gasteiger partial charge in [0, 0.05) is 5.69 Å². The van der Waals surface area contributed by atoms with Crippen molar-refractivity contribution < 1.29 is 14.3 Å². The van der Waals surface area contributed by atoms with Gasteiger partial charge < -0.3 is 10.1 Å². The first-order chi connectivity index (χ1) is 10.4. The van der Waals surface area contributed by atoms with Crippen molar-refractivity contribution in [2.45, 2.75) is 27.3 Å². The van der Waals surface area contributed by atoms with E-state index >= 15 is 0 Å². The highest BCUT2D eigenvalue weighted by Gasteiger charge is 2.13. The Hall–Kier alpha value is -2.70. The Labute approximate surface area is 128 Å². The number of nitrogens with one attached hydrogen (secondary N) is 1. The van der Waals surface area contributed by atoms with E-state index in [1.165, 1.54) is 18.0 Å². The zero-order valence-electron chi connectivity index (χ0n) is 13.0. The first kappa shape index (κ1) is 15.7. The lowest BCUT2D eigenvalue weighted by molar-refractivity contribution is -0.116. The number of aryl methyl sites for hydroxylation is 3. The van der Waals surface area contributed by atoms with Gasteiger partial charge in [0.15, 0.2) is 5.69 Å². The minimum absolute atomic E-state index is 0.0310. The molecule has 0 bridgehead atoms. The molecule has 0 aliphatic heterocycles. The summed E-state index contributed by atoms with van der Waals surface area (Å²) in [7, 11) is 1.26. The van der Waals surface area contributed by atoms with Gasteiger partial charge in [-0.3, -0.25) is 4.79 Å². The molecule has 0 fully saturated rings. The second-order valence-corrected chi connectivity index (χ2v) is 5.11.